The second-order valence-electron chi connectivity index (χ2n) is 23.4. The minimum atomic E-state index is -2.82. The van der Waals surface area contributed by atoms with Gasteiger partial charge in [0.15, 0.2) is 0 Å². The second kappa shape index (κ2) is 23.5. The van der Waals surface area contributed by atoms with Gasteiger partial charge in [-0.1, -0.05) is 18.2 Å². The molecular formula is C58H63F7N18O3S. The molecule has 3 saturated carbocycles. The minimum absolute atomic E-state index is 0.0291. The first-order chi connectivity index (χ1) is 41.6. The van der Waals surface area contributed by atoms with Gasteiger partial charge >= 0.3 is 0 Å². The monoisotopic (exact) mass is 1220 g/mol. The Morgan fingerprint density at radius 2 is 0.747 bits per heavy atom. The number of fused-ring (bicyclic) bond motifs is 6. The molecule has 3 N–H and O–H groups in total. The molecule has 9 aliphatic rings. The predicted molar refractivity (Wildman–Crippen MR) is 308 cm³/mol. The zero-order valence-corrected chi connectivity index (χ0v) is 48.6. The summed E-state index contributed by atoms with van der Waals surface area (Å²) in [5.74, 6) is -11.6. The van der Waals surface area contributed by atoms with Crippen LogP contribution in [0, 0.1) is 17.8 Å². The Balaban J connectivity index is 0.000000124. The first-order valence-corrected chi connectivity index (χ1v) is 29.9. The number of anilines is 6. The van der Waals surface area contributed by atoms with Gasteiger partial charge in [0.1, 0.15) is 17.8 Å². The van der Waals surface area contributed by atoms with Crippen molar-refractivity contribution >= 4 is 81.5 Å². The lowest BCUT2D eigenvalue weighted by Crippen LogP contribution is -2.44. The standard InChI is InChI=1S/3C19H20F2N6O.CH3FS/c3*1-26-10-12(9-23-26)24-18-22-5-4-16(25-18)11-6-13-2-3-14(7-11)27(13)17(28)15-8-19(15,20)21;1-3-2/h3*4-6,9-10,13-15H,2-3,7-8H2,1H3,(H,22,24,25);1H3/t13?,14?,15-;13-,14+,15+;13-,14+,15-;/m010./s1. The normalized spacial score (nSPS) is 26.7. The average molecular weight is 1230 g/mol. The number of hydrogen-bond acceptors (Lipinski definition) is 16. The van der Waals surface area contributed by atoms with E-state index >= 15 is 0 Å². The van der Waals surface area contributed by atoms with Crippen LogP contribution >= 0.6 is 12.1 Å². The molecule has 12 heterocycles. The molecule has 21 nitrogen and oxygen atoms in total. The number of hydrogen-bond donors (Lipinski definition) is 3. The molecule has 6 bridgehead atoms. The number of amides is 3. The lowest BCUT2D eigenvalue weighted by atomic mass is 9.98. The lowest BCUT2D eigenvalue weighted by molar-refractivity contribution is -0.138. The Morgan fingerprint density at radius 3 is 0.966 bits per heavy atom. The first kappa shape index (κ1) is 59.1. The molecule has 3 amide bonds. The molecule has 6 aliphatic heterocycles. The van der Waals surface area contributed by atoms with Crippen molar-refractivity contribution in [1.29, 1.82) is 0 Å². The maximum absolute atomic E-state index is 13.4. The third-order valence-corrected chi connectivity index (χ3v) is 17.2. The largest absolute Gasteiger partial charge is 0.332 e. The molecule has 6 fully saturated rings. The fourth-order valence-corrected chi connectivity index (χ4v) is 12.7. The molecule has 2 unspecified atom stereocenters. The number of rotatable bonds is 12. The van der Waals surface area contributed by atoms with Crippen molar-refractivity contribution in [3.8, 4) is 0 Å². The number of nitrogens with one attached hydrogen (secondary N) is 3. The average Bonchev–Trinajstić information content (AvgIpc) is 1.71. The summed E-state index contributed by atoms with van der Waals surface area (Å²) >= 11 is 0.250. The van der Waals surface area contributed by atoms with Crippen LogP contribution in [0.25, 0.3) is 16.7 Å². The molecule has 0 aromatic carbocycles. The molecule has 29 heteroatoms. The van der Waals surface area contributed by atoms with Crippen molar-refractivity contribution in [2.75, 3.05) is 22.2 Å². The van der Waals surface area contributed by atoms with Gasteiger partial charge in [-0.2, -0.15) is 19.2 Å². The highest BCUT2D eigenvalue weighted by Crippen LogP contribution is 2.54. The van der Waals surface area contributed by atoms with Crippen LogP contribution in [0.1, 0.15) is 94.1 Å². The van der Waals surface area contributed by atoms with E-state index in [1.165, 1.54) is 6.26 Å². The van der Waals surface area contributed by atoms with Gasteiger partial charge in [0.25, 0.3) is 17.8 Å². The molecule has 3 aliphatic carbocycles. The van der Waals surface area contributed by atoms with E-state index < -0.39 is 53.2 Å². The summed E-state index contributed by atoms with van der Waals surface area (Å²) in [6.45, 7) is 0. The van der Waals surface area contributed by atoms with Crippen LogP contribution in [0.15, 0.2) is 92.2 Å². The van der Waals surface area contributed by atoms with Crippen LogP contribution in [0.3, 0.4) is 0 Å². The van der Waals surface area contributed by atoms with Crippen molar-refractivity contribution in [2.24, 2.45) is 38.9 Å². The van der Waals surface area contributed by atoms with Gasteiger partial charge in [0, 0.05) is 114 Å². The highest BCUT2D eigenvalue weighted by atomic mass is 32.2. The summed E-state index contributed by atoms with van der Waals surface area (Å²) < 4.78 is 95.4. The van der Waals surface area contributed by atoms with Crippen LogP contribution in [0.4, 0.5) is 65.1 Å². The maximum atomic E-state index is 13.4. The fourth-order valence-electron chi connectivity index (χ4n) is 12.7. The Labute approximate surface area is 499 Å². The van der Waals surface area contributed by atoms with Crippen molar-refractivity contribution in [2.45, 2.75) is 131 Å². The molecule has 15 rings (SSSR count). The summed E-state index contributed by atoms with van der Waals surface area (Å²) in [7, 11) is 5.49. The fraction of sp³-hybridized carbons (Fsp3) is 0.483. The molecule has 3 saturated heterocycles. The zero-order valence-electron chi connectivity index (χ0n) is 47.8. The van der Waals surface area contributed by atoms with Crippen molar-refractivity contribution in [1.82, 2.24) is 73.9 Å². The van der Waals surface area contributed by atoms with Crippen LogP contribution < -0.4 is 16.0 Å². The topological polar surface area (TPSA) is 228 Å². The maximum Gasteiger partial charge on any atom is 0.260 e. The van der Waals surface area contributed by atoms with Gasteiger partial charge in [-0.25, -0.2) is 56.2 Å². The molecule has 9 atom stereocenters. The van der Waals surface area contributed by atoms with Crippen LogP contribution in [0.5, 0.6) is 0 Å². The van der Waals surface area contributed by atoms with E-state index in [1.54, 1.807) is 65.9 Å². The summed E-state index contributed by atoms with van der Waals surface area (Å²) in [5.41, 5.74) is 7.87. The quantitative estimate of drug-likeness (QED) is 0.0969. The zero-order chi connectivity index (χ0) is 61.1. The Hall–Kier alpha value is -8.24. The number of aryl methyl sites for hydroxylation is 3. The minimum Gasteiger partial charge on any atom is -0.332 e. The molecule has 6 aromatic heterocycles. The van der Waals surface area contributed by atoms with Crippen LogP contribution in [0.2, 0.25) is 0 Å². The molecule has 458 valence electrons. The van der Waals surface area contributed by atoms with E-state index in [1.807, 2.05) is 76.2 Å². The number of nitrogens with zero attached hydrogens (tertiary/aromatic N) is 15. The summed E-state index contributed by atoms with van der Waals surface area (Å²) in [5, 5.41) is 21.7. The Morgan fingerprint density at radius 1 is 0.483 bits per heavy atom. The lowest BCUT2D eigenvalue weighted by Gasteiger charge is -2.34. The predicted octanol–water partition coefficient (Wildman–Crippen LogP) is 9.50. The van der Waals surface area contributed by atoms with Gasteiger partial charge < -0.3 is 30.7 Å². The molecule has 87 heavy (non-hydrogen) atoms. The number of alkyl halides is 6. The first-order valence-electron chi connectivity index (χ1n) is 28.8. The second-order valence-corrected chi connectivity index (χ2v) is 23.7. The number of aromatic nitrogens is 12. The molecule has 0 spiro atoms. The number of carbonyl (C=O) groups is 3. The molecule has 0 radical (unpaired) electrons. The highest BCUT2D eigenvalue weighted by Gasteiger charge is 2.65. The number of halogens is 7. The van der Waals surface area contributed by atoms with E-state index in [4.69, 9.17) is 0 Å². The third-order valence-electron chi connectivity index (χ3n) is 17.2. The van der Waals surface area contributed by atoms with E-state index in [2.05, 4.69) is 61.2 Å². The van der Waals surface area contributed by atoms with Gasteiger partial charge in [-0.05, 0) is 92.7 Å². The van der Waals surface area contributed by atoms with Crippen LogP contribution in [-0.4, -0.2) is 152 Å². The van der Waals surface area contributed by atoms with E-state index in [0.717, 1.165) is 89.4 Å². The molecule has 6 aromatic rings. The van der Waals surface area contributed by atoms with Gasteiger partial charge in [-0.3, -0.25) is 28.4 Å². The molecular weight excluding hydrogens is 1160 g/mol. The van der Waals surface area contributed by atoms with Crippen molar-refractivity contribution in [3.63, 3.8) is 0 Å². The summed E-state index contributed by atoms with van der Waals surface area (Å²) in [6.07, 6.45) is 28.9. The van der Waals surface area contributed by atoms with Gasteiger partial charge in [-0.15, -0.1) is 0 Å². The van der Waals surface area contributed by atoms with E-state index in [9.17, 15) is 44.6 Å². The van der Waals surface area contributed by atoms with Gasteiger partial charge in [0.2, 0.25) is 35.6 Å². The van der Waals surface area contributed by atoms with Crippen molar-refractivity contribution < 1.29 is 44.6 Å². The van der Waals surface area contributed by atoms with E-state index in [0.29, 0.717) is 37.1 Å². The highest BCUT2D eigenvalue weighted by molar-refractivity contribution is 7.93. The van der Waals surface area contributed by atoms with Gasteiger partial charge in [0.05, 0.1) is 70.9 Å². The Bertz CT molecular complexity index is 3310. The van der Waals surface area contributed by atoms with Crippen LogP contribution in [-0.2, 0) is 35.5 Å². The smallest absolute Gasteiger partial charge is 0.260 e. The summed E-state index contributed by atoms with van der Waals surface area (Å²) in [4.78, 5) is 69.1. The van der Waals surface area contributed by atoms with Crippen molar-refractivity contribution in [3.05, 3.63) is 109 Å². The number of carbonyl (C=O) groups excluding carboxylic acids is 3. The SMILES string of the molecule is CSF.Cn1cc(Nc2nccc(C3=CC4CCC(C3)N4C(=O)[C@@H]3CC3(F)F)n2)cn1.Cn1cc(Nc2nccc(C3=C[C@@H]4CC[C@H](C3)N4C(=O)[C@@H]3CC3(F)F)n2)cn1.Cn1cc(Nc2nccc(C3=C[C@H]4CC[C@@H](C3)N4C(=O)[C@@H]3CC3(F)F)n2)cn1. The third kappa shape index (κ3) is 12.8. The summed E-state index contributed by atoms with van der Waals surface area (Å²) in [6, 6.07) is 5.06. The van der Waals surface area contributed by atoms with E-state index in [-0.39, 0.29) is 67.7 Å². The Kier molecular flexibility index (Phi) is 15.9.